The van der Waals surface area contributed by atoms with Crippen molar-refractivity contribution in [3.05, 3.63) is 40.0 Å². The highest BCUT2D eigenvalue weighted by atomic mass is 32.1. The van der Waals surface area contributed by atoms with Crippen molar-refractivity contribution in [1.82, 2.24) is 14.7 Å². The van der Waals surface area contributed by atoms with Gasteiger partial charge in [0.25, 0.3) is 11.5 Å². The number of hydrogen-bond acceptors (Lipinski definition) is 5. The maximum absolute atomic E-state index is 12.4. The molecule has 1 amide bonds. The van der Waals surface area contributed by atoms with Crippen molar-refractivity contribution in [2.45, 2.75) is 38.3 Å². The van der Waals surface area contributed by atoms with Crippen molar-refractivity contribution in [1.29, 1.82) is 0 Å². The lowest BCUT2D eigenvalue weighted by atomic mass is 9.96. The van der Waals surface area contributed by atoms with E-state index in [4.69, 9.17) is 4.74 Å². The summed E-state index contributed by atoms with van der Waals surface area (Å²) in [5.74, 6) is 0.503. The van der Waals surface area contributed by atoms with Gasteiger partial charge >= 0.3 is 0 Å². The lowest BCUT2D eigenvalue weighted by molar-refractivity contribution is -0.142. The van der Waals surface area contributed by atoms with E-state index in [0.29, 0.717) is 19.1 Å². The SMILES string of the molecule is O=C([C@H]1CCCO1)N1CCC(Cn2nc(-c3cccs3)ccc2=O)CC1. The van der Waals surface area contributed by atoms with E-state index >= 15 is 0 Å². The maximum atomic E-state index is 12.4. The largest absolute Gasteiger partial charge is 0.368 e. The van der Waals surface area contributed by atoms with Crippen LogP contribution in [0, 0.1) is 5.92 Å². The lowest BCUT2D eigenvalue weighted by Crippen LogP contribution is -2.44. The number of rotatable bonds is 4. The summed E-state index contributed by atoms with van der Waals surface area (Å²) in [4.78, 5) is 27.6. The van der Waals surface area contributed by atoms with Gasteiger partial charge in [-0.3, -0.25) is 9.59 Å². The van der Waals surface area contributed by atoms with E-state index in [-0.39, 0.29) is 17.6 Å². The van der Waals surface area contributed by atoms with Crippen molar-refractivity contribution in [3.8, 4) is 10.6 Å². The Morgan fingerprint density at radius 3 is 2.77 bits per heavy atom. The number of carbonyl (C=O) groups is 1. The van der Waals surface area contributed by atoms with Crippen LogP contribution in [-0.2, 0) is 16.1 Å². The monoisotopic (exact) mass is 373 g/mol. The third-order valence-electron chi connectivity index (χ3n) is 5.20. The second kappa shape index (κ2) is 7.72. The number of ether oxygens (including phenoxy) is 1. The molecule has 2 fully saturated rings. The van der Waals surface area contributed by atoms with Gasteiger partial charge in [0.05, 0.1) is 4.88 Å². The van der Waals surface area contributed by atoms with Gasteiger partial charge in [0.15, 0.2) is 0 Å². The van der Waals surface area contributed by atoms with Gasteiger partial charge in [0.1, 0.15) is 11.8 Å². The molecule has 1 atom stereocenters. The quantitative estimate of drug-likeness (QED) is 0.825. The van der Waals surface area contributed by atoms with Crippen LogP contribution in [0.4, 0.5) is 0 Å². The summed E-state index contributed by atoms with van der Waals surface area (Å²) >= 11 is 1.62. The molecule has 2 aliphatic heterocycles. The average Bonchev–Trinajstić information content (AvgIpc) is 3.38. The highest BCUT2D eigenvalue weighted by Crippen LogP contribution is 2.24. The zero-order chi connectivity index (χ0) is 17.9. The summed E-state index contributed by atoms with van der Waals surface area (Å²) in [6.45, 7) is 2.79. The Morgan fingerprint density at radius 1 is 1.23 bits per heavy atom. The predicted octanol–water partition coefficient (Wildman–Crippen LogP) is 2.39. The van der Waals surface area contributed by atoms with Crippen LogP contribution in [0.5, 0.6) is 0 Å². The molecule has 2 aliphatic rings. The Balaban J connectivity index is 1.38. The molecule has 0 radical (unpaired) electrons. The van der Waals surface area contributed by atoms with Crippen LogP contribution in [0.3, 0.4) is 0 Å². The van der Waals surface area contributed by atoms with E-state index < -0.39 is 0 Å². The highest BCUT2D eigenvalue weighted by Gasteiger charge is 2.31. The Morgan fingerprint density at radius 2 is 2.08 bits per heavy atom. The van der Waals surface area contributed by atoms with Gasteiger partial charge < -0.3 is 9.64 Å². The van der Waals surface area contributed by atoms with Gasteiger partial charge in [-0.1, -0.05) is 6.07 Å². The molecule has 0 bridgehead atoms. The smallest absolute Gasteiger partial charge is 0.266 e. The molecule has 0 aliphatic carbocycles. The minimum absolute atomic E-state index is 0.0665. The van der Waals surface area contributed by atoms with Gasteiger partial charge in [-0.2, -0.15) is 5.10 Å². The van der Waals surface area contributed by atoms with Crippen LogP contribution in [0.15, 0.2) is 34.4 Å². The maximum Gasteiger partial charge on any atom is 0.266 e. The molecule has 2 saturated heterocycles. The standard InChI is InChI=1S/C19H23N3O3S/c23-18-6-5-15(17-4-2-12-26-17)20-22(18)13-14-7-9-21(10-8-14)19(24)16-3-1-11-25-16/h2,4-6,12,14,16H,1,3,7-11,13H2/t16-/m1/s1. The molecule has 0 spiro atoms. The molecule has 7 heteroatoms. The molecule has 138 valence electrons. The number of aromatic nitrogens is 2. The van der Waals surface area contributed by atoms with E-state index in [1.807, 2.05) is 22.4 Å². The molecule has 0 aromatic carbocycles. The van der Waals surface area contributed by atoms with Crippen LogP contribution >= 0.6 is 11.3 Å². The normalized spacial score (nSPS) is 21.2. The van der Waals surface area contributed by atoms with Crippen molar-refractivity contribution >= 4 is 17.2 Å². The van der Waals surface area contributed by atoms with Crippen LogP contribution in [0.2, 0.25) is 0 Å². The van der Waals surface area contributed by atoms with E-state index in [2.05, 4.69) is 5.10 Å². The number of likely N-dealkylation sites (tertiary alicyclic amines) is 1. The van der Waals surface area contributed by atoms with Crippen molar-refractivity contribution in [2.24, 2.45) is 5.92 Å². The number of thiophene rings is 1. The van der Waals surface area contributed by atoms with Gasteiger partial charge in [-0.05, 0) is 49.1 Å². The fourth-order valence-corrected chi connectivity index (χ4v) is 4.38. The molecule has 4 rings (SSSR count). The Kier molecular flexibility index (Phi) is 5.17. The molecule has 6 nitrogen and oxygen atoms in total. The molecule has 2 aromatic rings. The van der Waals surface area contributed by atoms with E-state index in [9.17, 15) is 9.59 Å². The van der Waals surface area contributed by atoms with Crippen molar-refractivity contribution in [2.75, 3.05) is 19.7 Å². The zero-order valence-corrected chi connectivity index (χ0v) is 15.5. The second-order valence-corrected chi connectivity index (χ2v) is 7.93. The fourth-order valence-electron chi connectivity index (χ4n) is 3.69. The lowest BCUT2D eigenvalue weighted by Gasteiger charge is -2.33. The van der Waals surface area contributed by atoms with E-state index in [1.54, 1.807) is 28.2 Å². The van der Waals surface area contributed by atoms with Crippen molar-refractivity contribution in [3.63, 3.8) is 0 Å². The molecule has 4 heterocycles. The van der Waals surface area contributed by atoms with Gasteiger partial charge in [-0.25, -0.2) is 4.68 Å². The van der Waals surface area contributed by atoms with Crippen LogP contribution in [0.1, 0.15) is 25.7 Å². The minimum Gasteiger partial charge on any atom is -0.368 e. The molecule has 0 N–H and O–H groups in total. The summed E-state index contributed by atoms with van der Waals surface area (Å²) < 4.78 is 7.09. The number of piperidine rings is 1. The average molecular weight is 373 g/mol. The Labute approximate surface area is 156 Å². The third kappa shape index (κ3) is 3.73. The first-order valence-electron chi connectivity index (χ1n) is 9.23. The highest BCUT2D eigenvalue weighted by molar-refractivity contribution is 7.13. The zero-order valence-electron chi connectivity index (χ0n) is 14.7. The van der Waals surface area contributed by atoms with E-state index in [0.717, 1.165) is 49.3 Å². The van der Waals surface area contributed by atoms with E-state index in [1.165, 1.54) is 0 Å². The summed E-state index contributed by atoms with van der Waals surface area (Å²) in [5.41, 5.74) is 0.772. The minimum atomic E-state index is -0.238. The van der Waals surface area contributed by atoms with Gasteiger partial charge in [0, 0.05) is 32.3 Å². The van der Waals surface area contributed by atoms with Crippen LogP contribution in [0.25, 0.3) is 10.6 Å². The molecular formula is C19H23N3O3S. The predicted molar refractivity (Wildman–Crippen MR) is 100 cm³/mol. The first-order valence-corrected chi connectivity index (χ1v) is 10.1. The van der Waals surface area contributed by atoms with Gasteiger partial charge in [-0.15, -0.1) is 11.3 Å². The Bertz CT molecular complexity index is 804. The topological polar surface area (TPSA) is 64.4 Å². The number of nitrogens with zero attached hydrogens (tertiary/aromatic N) is 3. The summed E-state index contributed by atoms with van der Waals surface area (Å²) in [6.07, 6.45) is 3.37. The first-order chi connectivity index (χ1) is 12.7. The molecule has 0 unspecified atom stereocenters. The molecule has 0 saturated carbocycles. The fraction of sp³-hybridized carbons (Fsp3) is 0.526. The molecule has 2 aromatic heterocycles. The molecule has 26 heavy (non-hydrogen) atoms. The summed E-state index contributed by atoms with van der Waals surface area (Å²) in [7, 11) is 0. The second-order valence-electron chi connectivity index (χ2n) is 6.99. The first kappa shape index (κ1) is 17.4. The molecular weight excluding hydrogens is 350 g/mol. The number of carbonyl (C=O) groups excluding carboxylic acids is 1. The van der Waals surface area contributed by atoms with Crippen LogP contribution in [-0.4, -0.2) is 46.4 Å². The third-order valence-corrected chi connectivity index (χ3v) is 6.10. The Hall–Kier alpha value is -1.99. The van der Waals surface area contributed by atoms with Gasteiger partial charge in [0.2, 0.25) is 0 Å². The van der Waals surface area contributed by atoms with Crippen LogP contribution < -0.4 is 5.56 Å². The number of amides is 1. The number of hydrogen-bond donors (Lipinski definition) is 0. The summed E-state index contributed by atoms with van der Waals surface area (Å²) in [5, 5.41) is 6.55. The summed E-state index contributed by atoms with van der Waals surface area (Å²) in [6, 6.07) is 7.38. The van der Waals surface area contributed by atoms with Crippen molar-refractivity contribution < 1.29 is 9.53 Å².